The summed E-state index contributed by atoms with van der Waals surface area (Å²) in [5.74, 6) is -0.953. The summed E-state index contributed by atoms with van der Waals surface area (Å²) in [7, 11) is 0. The zero-order chi connectivity index (χ0) is 14.5. The van der Waals surface area contributed by atoms with Crippen molar-refractivity contribution in [3.8, 4) is 11.6 Å². The molecule has 0 fully saturated rings. The fraction of sp³-hybridized carbons (Fsp3) is 0.143. The van der Waals surface area contributed by atoms with Gasteiger partial charge in [-0.2, -0.15) is 0 Å². The largest absolute Gasteiger partial charge is 0.462 e. The molecule has 0 spiro atoms. The molecule has 0 bridgehead atoms. The minimum atomic E-state index is -0.564. The number of nitrogen functional groups attached to an aromatic ring is 1. The van der Waals surface area contributed by atoms with Crippen LogP contribution in [-0.2, 0) is 4.74 Å². The number of rotatable bonds is 4. The highest BCUT2D eigenvalue weighted by molar-refractivity contribution is 5.91. The molecule has 2 N–H and O–H groups in total. The van der Waals surface area contributed by atoms with Crippen LogP contribution in [0.2, 0.25) is 0 Å². The summed E-state index contributed by atoms with van der Waals surface area (Å²) < 4.78 is 23.5. The average molecular weight is 276 g/mol. The van der Waals surface area contributed by atoms with Crippen LogP contribution in [0.15, 0.2) is 36.5 Å². The minimum Gasteiger partial charge on any atom is -0.462 e. The highest BCUT2D eigenvalue weighted by Gasteiger charge is 2.16. The van der Waals surface area contributed by atoms with E-state index in [2.05, 4.69) is 4.98 Å². The van der Waals surface area contributed by atoms with Gasteiger partial charge in [-0.1, -0.05) is 0 Å². The van der Waals surface area contributed by atoms with Gasteiger partial charge < -0.3 is 15.2 Å². The van der Waals surface area contributed by atoms with E-state index < -0.39 is 11.8 Å². The molecule has 0 aliphatic carbocycles. The number of halogens is 1. The van der Waals surface area contributed by atoms with Crippen molar-refractivity contribution in [3.05, 3.63) is 47.9 Å². The monoisotopic (exact) mass is 276 g/mol. The molecule has 0 saturated heterocycles. The van der Waals surface area contributed by atoms with Crippen LogP contribution in [0, 0.1) is 5.82 Å². The lowest BCUT2D eigenvalue weighted by atomic mass is 10.2. The highest BCUT2D eigenvalue weighted by atomic mass is 19.1. The molecule has 0 saturated carbocycles. The first-order chi connectivity index (χ1) is 9.61. The lowest BCUT2D eigenvalue weighted by molar-refractivity contribution is 0.0522. The van der Waals surface area contributed by atoms with Gasteiger partial charge in [-0.05, 0) is 31.2 Å². The van der Waals surface area contributed by atoms with Crippen LogP contribution in [0.25, 0.3) is 0 Å². The van der Waals surface area contributed by atoms with Crippen molar-refractivity contribution in [3.63, 3.8) is 0 Å². The first kappa shape index (κ1) is 13.8. The number of esters is 1. The molecule has 1 aromatic heterocycles. The highest BCUT2D eigenvalue weighted by Crippen LogP contribution is 2.29. The predicted molar refractivity (Wildman–Crippen MR) is 71.1 cm³/mol. The minimum absolute atomic E-state index is 0.0169. The Bertz CT molecular complexity index is 632. The molecule has 20 heavy (non-hydrogen) atoms. The average Bonchev–Trinajstić information content (AvgIpc) is 2.44. The third-order valence-corrected chi connectivity index (χ3v) is 2.45. The molecule has 5 nitrogen and oxygen atoms in total. The third kappa shape index (κ3) is 3.03. The number of ether oxygens (including phenoxy) is 2. The fourth-order valence-corrected chi connectivity index (χ4v) is 1.54. The first-order valence-corrected chi connectivity index (χ1v) is 5.97. The molecule has 6 heteroatoms. The molecular weight excluding hydrogens is 263 g/mol. The van der Waals surface area contributed by atoms with Gasteiger partial charge in [0, 0.05) is 12.3 Å². The zero-order valence-electron chi connectivity index (χ0n) is 10.8. The molecule has 2 rings (SSSR count). The van der Waals surface area contributed by atoms with Gasteiger partial charge in [0.15, 0.2) is 5.75 Å². The van der Waals surface area contributed by atoms with Gasteiger partial charge in [0.2, 0.25) is 5.88 Å². The Balaban J connectivity index is 2.34. The zero-order valence-corrected chi connectivity index (χ0v) is 10.8. The SMILES string of the molecule is CCOC(=O)c1cccnc1Oc1cc(F)ccc1N. The second-order valence-electron chi connectivity index (χ2n) is 3.86. The van der Waals surface area contributed by atoms with E-state index in [0.29, 0.717) is 0 Å². The summed E-state index contributed by atoms with van der Waals surface area (Å²) in [4.78, 5) is 15.7. The van der Waals surface area contributed by atoms with Gasteiger partial charge in [0.25, 0.3) is 0 Å². The van der Waals surface area contributed by atoms with Crippen LogP contribution in [0.4, 0.5) is 10.1 Å². The summed E-state index contributed by atoms with van der Waals surface area (Å²) in [6.45, 7) is 1.93. The van der Waals surface area contributed by atoms with Crippen LogP contribution < -0.4 is 10.5 Å². The number of nitrogens with two attached hydrogens (primary N) is 1. The van der Waals surface area contributed by atoms with Gasteiger partial charge in [-0.3, -0.25) is 0 Å². The van der Waals surface area contributed by atoms with Crippen LogP contribution in [0.5, 0.6) is 11.6 Å². The second-order valence-corrected chi connectivity index (χ2v) is 3.86. The first-order valence-electron chi connectivity index (χ1n) is 5.97. The Morgan fingerprint density at radius 2 is 2.20 bits per heavy atom. The second kappa shape index (κ2) is 6.01. The van der Waals surface area contributed by atoms with Crippen molar-refractivity contribution in [2.24, 2.45) is 0 Å². The maximum absolute atomic E-state index is 13.2. The standard InChI is InChI=1S/C14H13FN2O3/c1-2-19-14(18)10-4-3-7-17-13(10)20-12-8-9(15)5-6-11(12)16/h3-8H,2,16H2,1H3. The molecule has 0 unspecified atom stereocenters. The van der Waals surface area contributed by atoms with Gasteiger partial charge >= 0.3 is 5.97 Å². The van der Waals surface area contributed by atoms with Crippen molar-refractivity contribution < 1.29 is 18.7 Å². The lowest BCUT2D eigenvalue weighted by Gasteiger charge is -2.10. The maximum Gasteiger partial charge on any atom is 0.343 e. The lowest BCUT2D eigenvalue weighted by Crippen LogP contribution is -2.07. The summed E-state index contributed by atoms with van der Waals surface area (Å²) in [6.07, 6.45) is 1.45. The van der Waals surface area contributed by atoms with Crippen molar-refractivity contribution in [2.45, 2.75) is 6.92 Å². The summed E-state index contributed by atoms with van der Waals surface area (Å²) in [5, 5.41) is 0. The number of carbonyl (C=O) groups excluding carboxylic acids is 1. The van der Waals surface area contributed by atoms with Gasteiger partial charge in [0.1, 0.15) is 11.4 Å². The molecule has 104 valence electrons. The number of pyridine rings is 1. The summed E-state index contributed by atoms with van der Waals surface area (Å²) in [6, 6.07) is 6.80. The van der Waals surface area contributed by atoms with Crippen molar-refractivity contribution in [1.82, 2.24) is 4.98 Å². The van der Waals surface area contributed by atoms with Crippen LogP contribution in [-0.4, -0.2) is 17.6 Å². The fourth-order valence-electron chi connectivity index (χ4n) is 1.54. The normalized spacial score (nSPS) is 10.1. The quantitative estimate of drug-likeness (QED) is 0.686. The Morgan fingerprint density at radius 1 is 1.40 bits per heavy atom. The van der Waals surface area contributed by atoms with E-state index >= 15 is 0 Å². The number of anilines is 1. The van der Waals surface area contributed by atoms with Gasteiger partial charge in [0.05, 0.1) is 12.3 Å². The molecule has 0 aliphatic rings. The van der Waals surface area contributed by atoms with E-state index in [9.17, 15) is 9.18 Å². The number of aromatic nitrogens is 1. The number of hydrogen-bond donors (Lipinski definition) is 1. The van der Waals surface area contributed by atoms with Crippen molar-refractivity contribution in [2.75, 3.05) is 12.3 Å². The summed E-state index contributed by atoms with van der Waals surface area (Å²) in [5.41, 5.74) is 6.08. The molecule has 0 aliphatic heterocycles. The van der Waals surface area contributed by atoms with E-state index in [1.165, 1.54) is 24.4 Å². The third-order valence-electron chi connectivity index (χ3n) is 2.45. The van der Waals surface area contributed by atoms with Crippen molar-refractivity contribution in [1.29, 1.82) is 0 Å². The van der Waals surface area contributed by atoms with Gasteiger partial charge in [-0.25, -0.2) is 14.2 Å². The molecular formula is C14H13FN2O3. The van der Waals surface area contributed by atoms with Crippen molar-refractivity contribution >= 4 is 11.7 Å². The maximum atomic E-state index is 13.2. The van der Waals surface area contributed by atoms with E-state index in [4.69, 9.17) is 15.2 Å². The van der Waals surface area contributed by atoms with E-state index in [0.717, 1.165) is 6.07 Å². The van der Waals surface area contributed by atoms with E-state index in [-0.39, 0.29) is 29.5 Å². The molecule has 1 aromatic carbocycles. The molecule has 0 amide bonds. The topological polar surface area (TPSA) is 74.4 Å². The predicted octanol–water partition coefficient (Wildman–Crippen LogP) is 2.77. The Labute approximate surface area is 115 Å². The number of carbonyl (C=O) groups is 1. The Morgan fingerprint density at radius 3 is 2.95 bits per heavy atom. The number of nitrogens with zero attached hydrogens (tertiary/aromatic N) is 1. The summed E-state index contributed by atoms with van der Waals surface area (Å²) >= 11 is 0. The van der Waals surface area contributed by atoms with Crippen LogP contribution in [0.1, 0.15) is 17.3 Å². The molecule has 2 aromatic rings. The van der Waals surface area contributed by atoms with Crippen LogP contribution in [0.3, 0.4) is 0 Å². The Kier molecular flexibility index (Phi) is 4.14. The van der Waals surface area contributed by atoms with E-state index in [1.807, 2.05) is 0 Å². The number of benzene rings is 1. The van der Waals surface area contributed by atoms with Crippen LogP contribution >= 0.6 is 0 Å². The molecule has 0 radical (unpaired) electrons. The number of hydrogen-bond acceptors (Lipinski definition) is 5. The van der Waals surface area contributed by atoms with E-state index in [1.54, 1.807) is 13.0 Å². The molecule has 0 atom stereocenters. The van der Waals surface area contributed by atoms with Gasteiger partial charge in [-0.15, -0.1) is 0 Å². The molecule has 1 heterocycles. The Hall–Kier alpha value is -2.63. The smallest absolute Gasteiger partial charge is 0.343 e.